The van der Waals surface area contributed by atoms with Gasteiger partial charge in [-0.25, -0.2) is 0 Å². The van der Waals surface area contributed by atoms with Gasteiger partial charge < -0.3 is 37.9 Å². The van der Waals surface area contributed by atoms with Crippen LogP contribution in [0.3, 0.4) is 0 Å². The van der Waals surface area contributed by atoms with Crippen LogP contribution < -0.4 is 37.9 Å². The van der Waals surface area contributed by atoms with Crippen molar-refractivity contribution in [2.45, 2.75) is 152 Å². The molecule has 0 aromatic heterocycles. The van der Waals surface area contributed by atoms with E-state index in [1.807, 2.05) is 13.8 Å². The van der Waals surface area contributed by atoms with Crippen LogP contribution in [0.5, 0.6) is 46.0 Å². The second kappa shape index (κ2) is 26.2. The van der Waals surface area contributed by atoms with E-state index in [1.54, 1.807) is 0 Å². The van der Waals surface area contributed by atoms with Crippen LogP contribution in [-0.2, 0) is 5.41 Å². The number of hydrogen-bond acceptors (Lipinski definition) is 8. The van der Waals surface area contributed by atoms with Crippen molar-refractivity contribution in [2.24, 2.45) is 0 Å². The largest absolute Gasteiger partial charge is 0.490 e. The summed E-state index contributed by atoms with van der Waals surface area (Å²) in [6, 6.07) is 4.15. The van der Waals surface area contributed by atoms with Gasteiger partial charge in [-0.05, 0) is 75.7 Å². The Morgan fingerprint density at radius 3 is 0.964 bits per heavy atom. The van der Waals surface area contributed by atoms with Gasteiger partial charge in [0.25, 0.3) is 0 Å². The third-order valence-corrected chi connectivity index (χ3v) is 9.07. The fourth-order valence-electron chi connectivity index (χ4n) is 5.63. The van der Waals surface area contributed by atoms with Gasteiger partial charge in [0.15, 0.2) is 23.0 Å². The topological polar surface area (TPSA) is 73.8 Å². The molecule has 8 heteroatoms. The van der Waals surface area contributed by atoms with Crippen LogP contribution >= 0.6 is 0 Å². The maximum absolute atomic E-state index is 6.80. The lowest BCUT2D eigenvalue weighted by molar-refractivity contribution is 0.223. The van der Waals surface area contributed by atoms with E-state index in [0.717, 1.165) is 99.3 Å². The first-order chi connectivity index (χ1) is 26.5. The summed E-state index contributed by atoms with van der Waals surface area (Å²) in [6.45, 7) is 33.2. The minimum absolute atomic E-state index is 0.323. The SMILES string of the molecule is C=C(C)COc1c(OCCCC)cc(C(C)(C)c2cc(OCCCC)c(OCC(=C)C)c(OCCCC)c2OCCCC)c(OCCCC)c1OCCCC. The molecule has 0 saturated heterocycles. The molecule has 0 amide bonds. The fourth-order valence-corrected chi connectivity index (χ4v) is 5.63. The third kappa shape index (κ3) is 15.1. The zero-order chi connectivity index (χ0) is 40.6. The van der Waals surface area contributed by atoms with E-state index in [-0.39, 0.29) is 0 Å². The van der Waals surface area contributed by atoms with Gasteiger partial charge in [0.1, 0.15) is 13.2 Å². The van der Waals surface area contributed by atoms with Gasteiger partial charge in [0.2, 0.25) is 23.0 Å². The Labute approximate surface area is 335 Å². The van der Waals surface area contributed by atoms with E-state index in [9.17, 15) is 0 Å². The van der Waals surface area contributed by atoms with Crippen LogP contribution in [0.15, 0.2) is 36.4 Å². The molecule has 0 heterocycles. The zero-order valence-electron chi connectivity index (χ0n) is 36.5. The Hall–Kier alpha value is -3.68. The lowest BCUT2D eigenvalue weighted by Crippen LogP contribution is -2.24. The van der Waals surface area contributed by atoms with Crippen LogP contribution in [0.2, 0.25) is 0 Å². The van der Waals surface area contributed by atoms with E-state index in [0.29, 0.717) is 98.9 Å². The van der Waals surface area contributed by atoms with Gasteiger partial charge in [-0.2, -0.15) is 0 Å². The molecule has 0 aliphatic rings. The molecule has 0 atom stereocenters. The van der Waals surface area contributed by atoms with Crippen molar-refractivity contribution in [3.05, 3.63) is 47.6 Å². The molecule has 0 fully saturated rings. The lowest BCUT2D eigenvalue weighted by atomic mass is 9.76. The Balaban J connectivity index is 3.17. The fraction of sp³-hybridized carbons (Fsp3) is 0.660. The Bertz CT molecular complexity index is 1320. The van der Waals surface area contributed by atoms with Gasteiger partial charge >= 0.3 is 0 Å². The first kappa shape index (κ1) is 47.5. The molecule has 2 aromatic carbocycles. The van der Waals surface area contributed by atoms with Crippen LogP contribution in [0.4, 0.5) is 0 Å². The highest BCUT2D eigenvalue weighted by Crippen LogP contribution is 2.57. The van der Waals surface area contributed by atoms with Crippen molar-refractivity contribution in [1.82, 2.24) is 0 Å². The number of unbranched alkanes of at least 4 members (excludes halogenated alkanes) is 6. The van der Waals surface area contributed by atoms with Crippen molar-refractivity contribution in [2.75, 3.05) is 52.9 Å². The molecule has 0 aliphatic carbocycles. The molecule has 55 heavy (non-hydrogen) atoms. The summed E-state index contributed by atoms with van der Waals surface area (Å²) in [6.07, 6.45) is 11.3. The van der Waals surface area contributed by atoms with E-state index >= 15 is 0 Å². The first-order valence-electron chi connectivity index (χ1n) is 21.3. The number of benzene rings is 2. The predicted octanol–water partition coefficient (Wildman–Crippen LogP) is 13.0. The van der Waals surface area contributed by atoms with Crippen molar-refractivity contribution in [3.8, 4) is 46.0 Å². The Morgan fingerprint density at radius 2 is 0.691 bits per heavy atom. The summed E-state index contributed by atoms with van der Waals surface area (Å²) < 4.78 is 53.1. The van der Waals surface area contributed by atoms with Crippen LogP contribution in [0, 0.1) is 0 Å². The standard InChI is InChI=1S/C47H76O8/c1-13-19-25-48-39-31-37(41(50-27-21-15-3)45(52-29-23-17-5)43(39)54-33-35(7)8)47(11,12)38-32-40(49-26-20-14-2)44(55-34-36(9)10)46(53-30-24-18-6)42(38)51-28-22-16-4/h31-32H,7,9,13-30,33-34H2,1-6,8,10-12H3. The minimum Gasteiger partial charge on any atom is -0.490 e. The van der Waals surface area contributed by atoms with E-state index in [4.69, 9.17) is 37.9 Å². The van der Waals surface area contributed by atoms with Gasteiger partial charge in [-0.1, -0.05) is 107 Å². The van der Waals surface area contributed by atoms with E-state index in [1.165, 1.54) is 0 Å². The summed E-state index contributed by atoms with van der Waals surface area (Å²) >= 11 is 0. The molecule has 0 N–H and O–H groups in total. The van der Waals surface area contributed by atoms with Gasteiger partial charge in [-0.3, -0.25) is 0 Å². The summed E-state index contributed by atoms with van der Waals surface area (Å²) in [7, 11) is 0. The monoisotopic (exact) mass is 769 g/mol. The third-order valence-electron chi connectivity index (χ3n) is 9.07. The highest BCUT2D eigenvalue weighted by Gasteiger charge is 2.38. The van der Waals surface area contributed by atoms with E-state index in [2.05, 4.69) is 80.7 Å². The van der Waals surface area contributed by atoms with Crippen LogP contribution in [0.25, 0.3) is 0 Å². The maximum Gasteiger partial charge on any atom is 0.207 e. The quantitative estimate of drug-likeness (QED) is 0.0538. The van der Waals surface area contributed by atoms with Crippen molar-refractivity contribution in [3.63, 3.8) is 0 Å². The highest BCUT2D eigenvalue weighted by molar-refractivity contribution is 5.70. The molecule has 2 rings (SSSR count). The second-order valence-electron chi connectivity index (χ2n) is 15.1. The number of hydrogen-bond donors (Lipinski definition) is 0. The predicted molar refractivity (Wildman–Crippen MR) is 228 cm³/mol. The zero-order valence-corrected chi connectivity index (χ0v) is 36.5. The molecule has 0 saturated carbocycles. The highest BCUT2D eigenvalue weighted by atomic mass is 16.6. The summed E-state index contributed by atoms with van der Waals surface area (Å²) in [4.78, 5) is 0. The molecule has 0 unspecified atom stereocenters. The summed E-state index contributed by atoms with van der Waals surface area (Å²) in [5.74, 6) is 4.68. The number of ether oxygens (including phenoxy) is 8. The molecular formula is C47H76O8. The summed E-state index contributed by atoms with van der Waals surface area (Å²) in [5.41, 5.74) is 2.82. The first-order valence-corrected chi connectivity index (χ1v) is 21.3. The minimum atomic E-state index is -0.750. The van der Waals surface area contributed by atoms with Gasteiger partial charge in [0, 0.05) is 16.5 Å². The Kier molecular flexibility index (Phi) is 22.6. The molecule has 0 bridgehead atoms. The van der Waals surface area contributed by atoms with Crippen LogP contribution in [0.1, 0.15) is 157 Å². The van der Waals surface area contributed by atoms with Gasteiger partial charge in [0.05, 0.1) is 39.6 Å². The molecule has 0 aliphatic heterocycles. The van der Waals surface area contributed by atoms with Crippen molar-refractivity contribution in [1.29, 1.82) is 0 Å². The van der Waals surface area contributed by atoms with Crippen molar-refractivity contribution < 1.29 is 37.9 Å². The smallest absolute Gasteiger partial charge is 0.207 e. The molecule has 2 aromatic rings. The maximum atomic E-state index is 6.80. The van der Waals surface area contributed by atoms with Gasteiger partial charge in [-0.15, -0.1) is 0 Å². The molecule has 0 spiro atoms. The average molecular weight is 769 g/mol. The van der Waals surface area contributed by atoms with Crippen LogP contribution in [-0.4, -0.2) is 52.9 Å². The molecule has 312 valence electrons. The lowest BCUT2D eigenvalue weighted by Gasteiger charge is -2.34. The molecule has 0 radical (unpaired) electrons. The Morgan fingerprint density at radius 1 is 0.418 bits per heavy atom. The average Bonchev–Trinajstić information content (AvgIpc) is 3.15. The second-order valence-corrected chi connectivity index (χ2v) is 15.1. The van der Waals surface area contributed by atoms with Crippen molar-refractivity contribution >= 4 is 0 Å². The normalized spacial score (nSPS) is 11.2. The van der Waals surface area contributed by atoms with E-state index < -0.39 is 5.41 Å². The summed E-state index contributed by atoms with van der Waals surface area (Å²) in [5, 5.41) is 0. The molecular weight excluding hydrogens is 693 g/mol. The number of rotatable bonds is 32. The molecule has 8 nitrogen and oxygen atoms in total.